The van der Waals surface area contributed by atoms with Crippen molar-refractivity contribution in [2.75, 3.05) is 42.9 Å². The summed E-state index contributed by atoms with van der Waals surface area (Å²) < 4.78 is 31.3. The lowest BCUT2D eigenvalue weighted by atomic mass is 9.72. The number of pyridine rings is 1. The molecule has 276 valence electrons. The maximum Gasteiger partial charge on any atom is 0.259 e. The third-order valence-corrected chi connectivity index (χ3v) is 11.7. The Morgan fingerprint density at radius 1 is 0.981 bits per heavy atom. The fourth-order valence-electron chi connectivity index (χ4n) is 7.69. The third kappa shape index (κ3) is 7.65. The molecule has 1 atom stereocenters. The van der Waals surface area contributed by atoms with Gasteiger partial charge >= 0.3 is 0 Å². The Balaban J connectivity index is 1.04. The molecule has 0 saturated carbocycles. The van der Waals surface area contributed by atoms with Crippen LogP contribution in [0.1, 0.15) is 49.0 Å². The zero-order valence-corrected chi connectivity index (χ0v) is 31.8. The van der Waals surface area contributed by atoms with E-state index >= 15 is 0 Å². The Hall–Kier alpha value is -5.00. The SMILES string of the molecule is CC1(C)CCC(CN2CCN(c3ccc(C(=O)Nc4ccc5ccccc5c4S(=O)[O-])c(Oc4cnc5[nH]ccc5c4)c3)CC2)=C(c2ccc(Cl)cc2)C1. The van der Waals surface area contributed by atoms with Crippen LogP contribution in [0.15, 0.2) is 114 Å². The maximum absolute atomic E-state index is 14.0. The zero-order chi connectivity index (χ0) is 37.4. The van der Waals surface area contributed by atoms with E-state index < -0.39 is 17.0 Å². The molecule has 1 fully saturated rings. The molecule has 2 aliphatic rings. The normalized spacial score (nSPS) is 16.9. The first-order valence-electron chi connectivity index (χ1n) is 18.2. The number of fused-ring (bicyclic) bond motifs is 2. The van der Waals surface area contributed by atoms with Gasteiger partial charge in [0.1, 0.15) is 17.1 Å². The molecule has 1 amide bonds. The molecule has 1 aliphatic carbocycles. The van der Waals surface area contributed by atoms with E-state index in [0.717, 1.165) is 72.7 Å². The third-order valence-electron chi connectivity index (χ3n) is 10.6. The van der Waals surface area contributed by atoms with Crippen LogP contribution in [0.25, 0.3) is 27.4 Å². The molecule has 8 rings (SSSR count). The van der Waals surface area contributed by atoms with Gasteiger partial charge in [-0.15, -0.1) is 0 Å². The van der Waals surface area contributed by atoms with Crippen LogP contribution in [0.2, 0.25) is 5.02 Å². The van der Waals surface area contributed by atoms with Crippen LogP contribution in [0.3, 0.4) is 0 Å². The highest BCUT2D eigenvalue weighted by atomic mass is 35.5. The lowest BCUT2D eigenvalue weighted by molar-refractivity contribution is 0.102. The minimum Gasteiger partial charge on any atom is -0.768 e. The average Bonchev–Trinajstić information content (AvgIpc) is 3.64. The molecule has 0 spiro atoms. The number of halogens is 1. The molecule has 11 heteroatoms. The van der Waals surface area contributed by atoms with Crippen molar-refractivity contribution in [1.29, 1.82) is 0 Å². The van der Waals surface area contributed by atoms with Gasteiger partial charge in [-0.3, -0.25) is 13.9 Å². The van der Waals surface area contributed by atoms with Crippen LogP contribution in [0.5, 0.6) is 11.5 Å². The number of allylic oxidation sites excluding steroid dienone is 1. The molecule has 6 aromatic rings. The average molecular weight is 759 g/mol. The van der Waals surface area contributed by atoms with Gasteiger partial charge in [-0.2, -0.15) is 0 Å². The number of carbonyl (C=O) groups is 1. The maximum atomic E-state index is 14.0. The highest BCUT2D eigenvalue weighted by molar-refractivity contribution is 7.79. The van der Waals surface area contributed by atoms with Gasteiger partial charge in [-0.25, -0.2) is 4.98 Å². The summed E-state index contributed by atoms with van der Waals surface area (Å²) in [6.07, 6.45) is 6.74. The Bertz CT molecular complexity index is 2420. The molecular formula is C43H41ClN5O4S-. The van der Waals surface area contributed by atoms with E-state index in [-0.39, 0.29) is 21.6 Å². The topological polar surface area (TPSA) is 114 Å². The second kappa shape index (κ2) is 15.0. The fraction of sp³-hybridized carbons (Fsp3) is 0.256. The van der Waals surface area contributed by atoms with Crippen molar-refractivity contribution in [3.63, 3.8) is 0 Å². The Kier molecular flexibility index (Phi) is 10.0. The summed E-state index contributed by atoms with van der Waals surface area (Å²) >= 11 is 3.65. The molecule has 1 unspecified atom stereocenters. The summed E-state index contributed by atoms with van der Waals surface area (Å²) in [5.41, 5.74) is 6.62. The van der Waals surface area contributed by atoms with E-state index in [4.69, 9.17) is 16.3 Å². The molecule has 1 aliphatic heterocycles. The summed E-state index contributed by atoms with van der Waals surface area (Å²) in [7, 11) is 0. The van der Waals surface area contributed by atoms with Crippen LogP contribution < -0.4 is 15.0 Å². The monoisotopic (exact) mass is 758 g/mol. The minimum atomic E-state index is -2.59. The van der Waals surface area contributed by atoms with Crippen molar-refractivity contribution >= 4 is 67.3 Å². The first kappa shape index (κ1) is 36.0. The van der Waals surface area contributed by atoms with Gasteiger partial charge in [0.15, 0.2) is 0 Å². The van der Waals surface area contributed by atoms with Crippen molar-refractivity contribution in [3.05, 3.63) is 125 Å². The van der Waals surface area contributed by atoms with E-state index in [9.17, 15) is 13.6 Å². The second-order valence-electron chi connectivity index (χ2n) is 14.9. The van der Waals surface area contributed by atoms with E-state index in [1.54, 1.807) is 36.5 Å². The van der Waals surface area contributed by atoms with Gasteiger partial charge in [-0.05, 0) is 100 Å². The van der Waals surface area contributed by atoms with Gasteiger partial charge in [0.05, 0.1) is 22.3 Å². The number of amides is 1. The number of anilines is 2. The first-order chi connectivity index (χ1) is 26.1. The lowest BCUT2D eigenvalue weighted by Crippen LogP contribution is -2.47. The van der Waals surface area contributed by atoms with Gasteiger partial charge in [0.2, 0.25) is 0 Å². The molecule has 2 aromatic heterocycles. The van der Waals surface area contributed by atoms with E-state index in [1.807, 2.05) is 54.7 Å². The molecule has 1 saturated heterocycles. The summed E-state index contributed by atoms with van der Waals surface area (Å²) in [5, 5.41) is 5.78. The number of aromatic nitrogens is 2. The van der Waals surface area contributed by atoms with E-state index in [1.165, 1.54) is 23.1 Å². The smallest absolute Gasteiger partial charge is 0.259 e. The van der Waals surface area contributed by atoms with Crippen LogP contribution in [0.4, 0.5) is 11.4 Å². The summed E-state index contributed by atoms with van der Waals surface area (Å²) in [5.74, 6) is 0.336. The number of nitrogens with one attached hydrogen (secondary N) is 2. The number of H-pyrrole nitrogens is 1. The van der Waals surface area contributed by atoms with Crippen molar-refractivity contribution in [2.24, 2.45) is 5.41 Å². The molecule has 0 bridgehead atoms. The van der Waals surface area contributed by atoms with Crippen molar-refractivity contribution in [2.45, 2.75) is 38.0 Å². The number of carbonyl (C=O) groups excluding carboxylic acids is 1. The predicted octanol–water partition coefficient (Wildman–Crippen LogP) is 9.44. The number of aromatic amines is 1. The van der Waals surface area contributed by atoms with Crippen molar-refractivity contribution < 1.29 is 18.3 Å². The largest absolute Gasteiger partial charge is 0.768 e. The number of rotatable bonds is 9. The molecule has 4 aromatic carbocycles. The quantitative estimate of drug-likeness (QED) is 0.141. The number of ether oxygens (including phenoxy) is 1. The Morgan fingerprint density at radius 3 is 2.57 bits per heavy atom. The van der Waals surface area contributed by atoms with E-state index in [0.29, 0.717) is 16.9 Å². The second-order valence-corrected chi connectivity index (χ2v) is 16.2. The standard InChI is InChI=1S/C43H42ClN5O4S/c1-43(2)17-15-31(37(25-43)29-7-10-32(44)11-8-29)27-48-19-21-49(22-20-48)33-12-13-36(39(24-33)53-34-23-30-16-18-45-41(30)46-26-34)42(50)47-38-14-9-28-5-3-4-6-35(28)40(38)54(51)52/h3-14,16,18,23-24,26H,15,17,19-22,25,27H2,1-2H3,(H,45,46)(H,47,50)(H,51,52)/p-1. The summed E-state index contributed by atoms with van der Waals surface area (Å²) in [6, 6.07) is 28.2. The predicted molar refractivity (Wildman–Crippen MR) is 216 cm³/mol. The number of hydrogen-bond acceptors (Lipinski definition) is 7. The fourth-order valence-corrected chi connectivity index (χ4v) is 8.48. The number of benzene rings is 4. The molecule has 3 heterocycles. The molecule has 54 heavy (non-hydrogen) atoms. The van der Waals surface area contributed by atoms with Gasteiger partial charge < -0.3 is 24.5 Å². The minimum absolute atomic E-state index is 0.0357. The van der Waals surface area contributed by atoms with Crippen LogP contribution in [-0.2, 0) is 11.1 Å². The molecule has 9 nitrogen and oxygen atoms in total. The molecular weight excluding hydrogens is 718 g/mol. The Morgan fingerprint density at radius 2 is 1.78 bits per heavy atom. The summed E-state index contributed by atoms with van der Waals surface area (Å²) in [6.45, 7) is 9.06. The lowest BCUT2D eigenvalue weighted by Gasteiger charge is -2.39. The number of piperazine rings is 1. The van der Waals surface area contributed by atoms with Crippen LogP contribution in [-0.4, -0.2) is 62.3 Å². The van der Waals surface area contributed by atoms with Crippen molar-refractivity contribution in [3.8, 4) is 11.5 Å². The van der Waals surface area contributed by atoms with Gasteiger partial charge in [0.25, 0.3) is 5.91 Å². The molecule has 2 N–H and O–H groups in total. The van der Waals surface area contributed by atoms with Gasteiger partial charge in [0, 0.05) is 61.1 Å². The van der Waals surface area contributed by atoms with Crippen LogP contribution >= 0.6 is 11.6 Å². The molecule has 0 radical (unpaired) electrons. The first-order valence-corrected chi connectivity index (χ1v) is 19.7. The summed E-state index contributed by atoms with van der Waals surface area (Å²) in [4.78, 5) is 26.4. The number of nitrogens with zero attached hydrogens (tertiary/aromatic N) is 3. The number of hydrogen-bond donors (Lipinski definition) is 2. The highest BCUT2D eigenvalue weighted by Crippen LogP contribution is 2.43. The van der Waals surface area contributed by atoms with Crippen LogP contribution in [0, 0.1) is 5.41 Å². The van der Waals surface area contributed by atoms with Gasteiger partial charge in [-0.1, -0.05) is 73.5 Å². The highest BCUT2D eigenvalue weighted by Gasteiger charge is 2.30. The Labute approximate surface area is 322 Å². The van der Waals surface area contributed by atoms with E-state index in [2.05, 4.69) is 51.1 Å². The van der Waals surface area contributed by atoms with Crippen molar-refractivity contribution in [1.82, 2.24) is 14.9 Å². The zero-order valence-electron chi connectivity index (χ0n) is 30.2.